The van der Waals surface area contributed by atoms with E-state index in [4.69, 9.17) is 4.74 Å². The molecule has 2 aromatic rings. The number of anilines is 1. The van der Waals surface area contributed by atoms with Crippen LogP contribution in [0.15, 0.2) is 47.4 Å². The number of rotatable bonds is 6. The lowest BCUT2D eigenvalue weighted by atomic mass is 10.1. The SMILES string of the molecule is CC(=O)Nc1ccn([C@@H]2SC(CCOC(=O)c3ccccc3)C[C@@H]2F)c(=O)n1. The molecule has 1 aliphatic rings. The van der Waals surface area contributed by atoms with Crippen LogP contribution in [0.4, 0.5) is 10.2 Å². The van der Waals surface area contributed by atoms with Crippen molar-refractivity contribution in [3.05, 3.63) is 58.6 Å². The smallest absolute Gasteiger partial charge is 0.350 e. The fourth-order valence-corrected chi connectivity index (χ4v) is 4.42. The van der Waals surface area contributed by atoms with E-state index < -0.39 is 23.2 Å². The molecular weight excluding hydrogens is 385 g/mol. The molecule has 1 amide bonds. The number of carbonyl (C=O) groups is 2. The van der Waals surface area contributed by atoms with Crippen molar-refractivity contribution in [3.8, 4) is 0 Å². The van der Waals surface area contributed by atoms with Gasteiger partial charge in [0, 0.05) is 18.4 Å². The normalized spacial score (nSPS) is 21.3. The number of nitrogens with one attached hydrogen (secondary N) is 1. The van der Waals surface area contributed by atoms with E-state index in [0.717, 1.165) is 0 Å². The topological polar surface area (TPSA) is 90.3 Å². The average molecular weight is 405 g/mol. The maximum atomic E-state index is 14.5. The number of alkyl halides is 1. The molecule has 0 spiro atoms. The van der Waals surface area contributed by atoms with E-state index in [1.54, 1.807) is 24.3 Å². The number of hydrogen-bond donors (Lipinski definition) is 1. The van der Waals surface area contributed by atoms with E-state index in [1.807, 2.05) is 6.07 Å². The van der Waals surface area contributed by atoms with Crippen molar-refractivity contribution < 1.29 is 18.7 Å². The Labute approximate surface area is 165 Å². The van der Waals surface area contributed by atoms with Crippen LogP contribution in [-0.4, -0.2) is 39.5 Å². The second-order valence-electron chi connectivity index (χ2n) is 6.37. The van der Waals surface area contributed by atoms with Crippen LogP contribution in [0, 0.1) is 0 Å². The zero-order valence-electron chi connectivity index (χ0n) is 15.2. The molecule has 7 nitrogen and oxygen atoms in total. The molecule has 0 saturated carbocycles. The Balaban J connectivity index is 1.55. The van der Waals surface area contributed by atoms with Crippen LogP contribution < -0.4 is 11.0 Å². The van der Waals surface area contributed by atoms with Crippen LogP contribution in [0.25, 0.3) is 0 Å². The largest absolute Gasteiger partial charge is 0.462 e. The summed E-state index contributed by atoms with van der Waals surface area (Å²) in [7, 11) is 0. The molecule has 1 aliphatic heterocycles. The summed E-state index contributed by atoms with van der Waals surface area (Å²) in [6, 6.07) is 10.1. The minimum Gasteiger partial charge on any atom is -0.462 e. The number of carbonyl (C=O) groups excluding carboxylic acids is 2. The first-order valence-electron chi connectivity index (χ1n) is 8.82. The number of ether oxygens (including phenoxy) is 1. The van der Waals surface area contributed by atoms with Gasteiger partial charge in [0.2, 0.25) is 5.91 Å². The predicted octanol–water partition coefficient (Wildman–Crippen LogP) is 2.79. The number of amides is 1. The number of hydrogen-bond acceptors (Lipinski definition) is 6. The van der Waals surface area contributed by atoms with E-state index in [2.05, 4.69) is 10.3 Å². The molecule has 148 valence electrons. The molecule has 0 bridgehead atoms. The third-order valence-corrected chi connectivity index (χ3v) is 5.83. The molecule has 0 radical (unpaired) electrons. The van der Waals surface area contributed by atoms with Gasteiger partial charge in [-0.15, -0.1) is 11.8 Å². The van der Waals surface area contributed by atoms with Crippen LogP contribution in [0.1, 0.15) is 35.5 Å². The predicted molar refractivity (Wildman–Crippen MR) is 104 cm³/mol. The van der Waals surface area contributed by atoms with E-state index in [0.29, 0.717) is 12.0 Å². The van der Waals surface area contributed by atoms with Crippen LogP contribution in [0.3, 0.4) is 0 Å². The zero-order valence-corrected chi connectivity index (χ0v) is 16.0. The molecule has 9 heteroatoms. The first-order chi connectivity index (χ1) is 13.4. The van der Waals surface area contributed by atoms with Crippen molar-refractivity contribution in [1.29, 1.82) is 0 Å². The van der Waals surface area contributed by atoms with Crippen LogP contribution in [0.5, 0.6) is 0 Å². The average Bonchev–Trinajstić information content (AvgIpc) is 3.02. The van der Waals surface area contributed by atoms with Crippen molar-refractivity contribution in [1.82, 2.24) is 9.55 Å². The van der Waals surface area contributed by atoms with Gasteiger partial charge in [0.05, 0.1) is 12.2 Å². The Morgan fingerprint density at radius 3 is 2.75 bits per heavy atom. The summed E-state index contributed by atoms with van der Waals surface area (Å²) < 4.78 is 21.0. The van der Waals surface area contributed by atoms with Gasteiger partial charge in [-0.2, -0.15) is 4.98 Å². The monoisotopic (exact) mass is 405 g/mol. The van der Waals surface area contributed by atoms with Crippen LogP contribution in [-0.2, 0) is 9.53 Å². The molecule has 3 atom stereocenters. The van der Waals surface area contributed by atoms with Crippen LogP contribution in [0.2, 0.25) is 0 Å². The second-order valence-corrected chi connectivity index (χ2v) is 7.80. The van der Waals surface area contributed by atoms with Crippen molar-refractivity contribution in [3.63, 3.8) is 0 Å². The molecule has 1 aromatic heterocycles. The van der Waals surface area contributed by atoms with E-state index in [-0.39, 0.29) is 30.0 Å². The fourth-order valence-electron chi connectivity index (χ4n) is 2.93. The highest BCUT2D eigenvalue weighted by molar-refractivity contribution is 8.00. The standard InChI is InChI=1S/C19H20FN3O4S/c1-12(24)21-16-7-9-23(19(26)22-16)17-15(20)11-14(28-17)8-10-27-18(25)13-5-3-2-4-6-13/h2-7,9,14-15,17H,8,10-11H2,1H3,(H,21,22,24,26)/t14?,15-,17+/m0/s1. The molecule has 1 saturated heterocycles. The molecule has 0 aliphatic carbocycles. The lowest BCUT2D eigenvalue weighted by molar-refractivity contribution is -0.114. The maximum Gasteiger partial charge on any atom is 0.350 e. The lowest BCUT2D eigenvalue weighted by Crippen LogP contribution is -2.28. The third-order valence-electron chi connectivity index (χ3n) is 4.22. The van der Waals surface area contributed by atoms with Gasteiger partial charge >= 0.3 is 11.7 Å². The molecular formula is C19H20FN3O4S. The second kappa shape index (κ2) is 9.01. The van der Waals surface area contributed by atoms with E-state index in [9.17, 15) is 18.8 Å². The summed E-state index contributed by atoms with van der Waals surface area (Å²) in [4.78, 5) is 38.9. The summed E-state index contributed by atoms with van der Waals surface area (Å²) in [5.41, 5.74) is -0.151. The zero-order chi connectivity index (χ0) is 20.1. The number of benzene rings is 1. The Morgan fingerprint density at radius 1 is 1.32 bits per heavy atom. The molecule has 1 N–H and O–H groups in total. The summed E-state index contributed by atoms with van der Waals surface area (Å²) in [5.74, 6) is -0.615. The van der Waals surface area contributed by atoms with Crippen molar-refractivity contribution in [2.45, 2.75) is 36.6 Å². The van der Waals surface area contributed by atoms with Crippen LogP contribution >= 0.6 is 11.8 Å². The summed E-state index contributed by atoms with van der Waals surface area (Å²) >= 11 is 1.32. The van der Waals surface area contributed by atoms with Crippen molar-refractivity contribution in [2.75, 3.05) is 11.9 Å². The van der Waals surface area contributed by atoms with Crippen molar-refractivity contribution >= 4 is 29.5 Å². The Hall–Kier alpha value is -2.68. The highest BCUT2D eigenvalue weighted by Gasteiger charge is 2.37. The number of halogens is 1. The van der Waals surface area contributed by atoms with Crippen molar-refractivity contribution in [2.24, 2.45) is 0 Å². The molecule has 28 heavy (non-hydrogen) atoms. The van der Waals surface area contributed by atoms with Gasteiger partial charge in [-0.05, 0) is 31.0 Å². The number of thioether (sulfide) groups is 1. The van der Waals surface area contributed by atoms with Gasteiger partial charge < -0.3 is 10.1 Å². The molecule has 1 aromatic carbocycles. The number of esters is 1. The van der Waals surface area contributed by atoms with E-state index >= 15 is 0 Å². The number of nitrogens with zero attached hydrogens (tertiary/aromatic N) is 2. The fraction of sp³-hybridized carbons (Fsp3) is 0.368. The minimum absolute atomic E-state index is 0.0782. The summed E-state index contributed by atoms with van der Waals surface area (Å²) in [5, 5.41) is 1.65. The molecule has 1 unspecified atom stereocenters. The molecule has 3 rings (SSSR count). The lowest BCUT2D eigenvalue weighted by Gasteiger charge is -2.15. The third kappa shape index (κ3) is 4.98. The minimum atomic E-state index is -1.22. The van der Waals surface area contributed by atoms with Gasteiger partial charge in [0.25, 0.3) is 0 Å². The summed E-state index contributed by atoms with van der Waals surface area (Å²) in [6.45, 7) is 1.49. The molecule has 2 heterocycles. The maximum absolute atomic E-state index is 14.5. The highest BCUT2D eigenvalue weighted by atomic mass is 32.2. The first kappa shape index (κ1) is 20.1. The Morgan fingerprint density at radius 2 is 2.07 bits per heavy atom. The summed E-state index contributed by atoms with van der Waals surface area (Å²) in [6.07, 6.45) is 0.971. The van der Waals surface area contributed by atoms with Gasteiger partial charge in [0.1, 0.15) is 17.4 Å². The Kier molecular flexibility index (Phi) is 6.45. The van der Waals surface area contributed by atoms with Gasteiger partial charge in [-0.3, -0.25) is 9.36 Å². The first-order valence-corrected chi connectivity index (χ1v) is 9.77. The van der Waals surface area contributed by atoms with Gasteiger partial charge in [0.15, 0.2) is 0 Å². The van der Waals surface area contributed by atoms with E-state index in [1.165, 1.54) is 35.5 Å². The Bertz CT molecular complexity index is 906. The number of aromatic nitrogens is 2. The van der Waals surface area contributed by atoms with Gasteiger partial charge in [-0.25, -0.2) is 14.0 Å². The highest BCUT2D eigenvalue weighted by Crippen LogP contribution is 2.44. The van der Waals surface area contributed by atoms with Gasteiger partial charge in [-0.1, -0.05) is 18.2 Å². The quantitative estimate of drug-likeness (QED) is 0.744. The molecule has 1 fully saturated rings.